The fourth-order valence-electron chi connectivity index (χ4n) is 10.5. The second-order valence-electron chi connectivity index (χ2n) is 26.2. The van der Waals surface area contributed by atoms with Gasteiger partial charge in [-0.25, -0.2) is 9.13 Å². The monoisotopic (exact) mass is 1310 g/mol. The highest BCUT2D eigenvalue weighted by Crippen LogP contribution is 2.45. The van der Waals surface area contributed by atoms with Gasteiger partial charge in [0.2, 0.25) is 0 Å². The molecular weight excluding hydrogens is 1170 g/mol. The van der Waals surface area contributed by atoms with E-state index in [-0.39, 0.29) is 25.7 Å². The highest BCUT2D eigenvalue weighted by atomic mass is 31.2. The molecule has 0 aliphatic rings. The number of phosphoric acid groups is 2. The number of hydrogen-bond donors (Lipinski definition) is 3. The Kier molecular flexibility index (Phi) is 59.6. The normalized spacial score (nSPS) is 14.8. The van der Waals surface area contributed by atoms with Crippen LogP contribution in [0.1, 0.15) is 350 Å². The summed E-state index contributed by atoms with van der Waals surface area (Å²) in [4.78, 5) is 72.5. The van der Waals surface area contributed by atoms with Crippen molar-refractivity contribution in [1.29, 1.82) is 0 Å². The van der Waals surface area contributed by atoms with Crippen LogP contribution in [0.2, 0.25) is 0 Å². The fourth-order valence-corrected chi connectivity index (χ4v) is 12.1. The molecule has 0 aromatic rings. The molecule has 4 unspecified atom stereocenters. The molecule has 0 heterocycles. The molecule has 0 aromatic carbocycles. The lowest BCUT2D eigenvalue weighted by molar-refractivity contribution is -0.161. The average molecular weight is 1310 g/mol. The summed E-state index contributed by atoms with van der Waals surface area (Å²) in [5.74, 6) is 0.115. The van der Waals surface area contributed by atoms with E-state index >= 15 is 0 Å². The first-order valence-electron chi connectivity index (χ1n) is 36.4. The van der Waals surface area contributed by atoms with Crippen molar-refractivity contribution in [3.05, 3.63) is 0 Å². The van der Waals surface area contributed by atoms with E-state index in [1.54, 1.807) is 0 Å². The van der Waals surface area contributed by atoms with Gasteiger partial charge in [-0.2, -0.15) is 0 Å². The minimum atomic E-state index is -4.95. The Labute approximate surface area is 543 Å². The van der Waals surface area contributed by atoms with E-state index in [0.29, 0.717) is 31.6 Å². The van der Waals surface area contributed by atoms with E-state index < -0.39 is 97.5 Å². The Bertz CT molecular complexity index is 1750. The Morgan fingerprint density at radius 1 is 0.326 bits per heavy atom. The first-order valence-corrected chi connectivity index (χ1v) is 39.4. The van der Waals surface area contributed by atoms with Gasteiger partial charge in [-0.3, -0.25) is 37.3 Å². The third-order valence-corrected chi connectivity index (χ3v) is 18.8. The van der Waals surface area contributed by atoms with Gasteiger partial charge in [-0.05, 0) is 43.4 Å². The van der Waals surface area contributed by atoms with Gasteiger partial charge in [0.05, 0.1) is 26.4 Å². The van der Waals surface area contributed by atoms with Crippen molar-refractivity contribution in [3.8, 4) is 0 Å². The number of carbonyl (C=O) groups is 4. The minimum Gasteiger partial charge on any atom is -0.462 e. The molecule has 0 amide bonds. The molecule has 0 saturated carbocycles. The summed E-state index contributed by atoms with van der Waals surface area (Å²) in [6.45, 7) is 11.8. The average Bonchev–Trinajstić information content (AvgIpc) is 3.70. The highest BCUT2D eigenvalue weighted by molar-refractivity contribution is 7.47. The van der Waals surface area contributed by atoms with E-state index in [1.165, 1.54) is 154 Å². The molecule has 7 atom stereocenters. The molecule has 0 fully saturated rings. The number of aliphatic hydroxyl groups excluding tert-OH is 1. The van der Waals surface area contributed by atoms with Crippen LogP contribution in [0.5, 0.6) is 0 Å². The van der Waals surface area contributed by atoms with Gasteiger partial charge in [0, 0.05) is 25.7 Å². The number of phosphoric ester groups is 2. The molecule has 3 N–H and O–H groups in total. The highest BCUT2D eigenvalue weighted by Gasteiger charge is 2.30. The van der Waals surface area contributed by atoms with Crippen molar-refractivity contribution in [1.82, 2.24) is 0 Å². The second-order valence-corrected chi connectivity index (χ2v) is 29.1. The lowest BCUT2D eigenvalue weighted by Crippen LogP contribution is -2.30. The van der Waals surface area contributed by atoms with E-state index in [9.17, 15) is 43.2 Å². The van der Waals surface area contributed by atoms with E-state index in [4.69, 9.17) is 37.0 Å². The van der Waals surface area contributed by atoms with Crippen molar-refractivity contribution in [2.24, 2.45) is 17.8 Å². The first kappa shape index (κ1) is 87.1. The molecular formula is C70H136O17P2. The van der Waals surface area contributed by atoms with Gasteiger partial charge in [0.25, 0.3) is 0 Å². The summed E-state index contributed by atoms with van der Waals surface area (Å²) < 4.78 is 68.2. The summed E-state index contributed by atoms with van der Waals surface area (Å²) in [5, 5.41) is 10.6. The van der Waals surface area contributed by atoms with Crippen LogP contribution in [0, 0.1) is 17.8 Å². The molecule has 0 aliphatic carbocycles. The van der Waals surface area contributed by atoms with Gasteiger partial charge in [0.15, 0.2) is 12.2 Å². The molecule has 89 heavy (non-hydrogen) atoms. The number of hydrogen-bond acceptors (Lipinski definition) is 15. The summed E-state index contributed by atoms with van der Waals surface area (Å²) in [7, 11) is -9.90. The number of carbonyl (C=O) groups excluding carboxylic acids is 4. The summed E-state index contributed by atoms with van der Waals surface area (Å²) in [5.41, 5.74) is 0. The van der Waals surface area contributed by atoms with Crippen molar-refractivity contribution >= 4 is 39.5 Å². The summed E-state index contributed by atoms with van der Waals surface area (Å²) >= 11 is 0. The SMILES string of the molecule is CCCCCCCCCCCCCCC(=O)OC[C@H](COP(=O)(O)OC[C@@H](O)COP(=O)(O)OC[C@@H](COC(=O)CCCCCCCCC(C)C)OC(=O)CCCCCCCCC(C)CC)OC(=O)CCCCCCCCCCCCCCCCC(C)CC. The van der Waals surface area contributed by atoms with Crippen LogP contribution in [0.3, 0.4) is 0 Å². The number of esters is 4. The molecule has 17 nitrogen and oxygen atoms in total. The zero-order chi connectivity index (χ0) is 65.9. The van der Waals surface area contributed by atoms with Crippen LogP contribution < -0.4 is 0 Å². The zero-order valence-corrected chi connectivity index (χ0v) is 59.7. The number of unbranched alkanes of at least 4 members (excludes halogenated alkanes) is 34. The van der Waals surface area contributed by atoms with Crippen LogP contribution in [-0.4, -0.2) is 96.7 Å². The summed E-state index contributed by atoms with van der Waals surface area (Å²) in [6.07, 6.45) is 44.6. The van der Waals surface area contributed by atoms with E-state index in [1.807, 2.05) is 0 Å². The Balaban J connectivity index is 5.22. The molecule has 0 spiro atoms. The van der Waals surface area contributed by atoms with Crippen molar-refractivity contribution in [2.45, 2.75) is 369 Å². The van der Waals surface area contributed by atoms with Crippen LogP contribution in [0.25, 0.3) is 0 Å². The third kappa shape index (κ3) is 62.0. The molecule has 0 saturated heterocycles. The molecule has 0 aromatic heterocycles. The lowest BCUT2D eigenvalue weighted by Gasteiger charge is -2.21. The Morgan fingerprint density at radius 3 is 0.854 bits per heavy atom. The topological polar surface area (TPSA) is 237 Å². The number of rotatable bonds is 68. The molecule has 0 aliphatic heterocycles. The number of ether oxygens (including phenoxy) is 4. The van der Waals surface area contributed by atoms with Crippen molar-refractivity contribution in [3.63, 3.8) is 0 Å². The second kappa shape index (κ2) is 61.0. The van der Waals surface area contributed by atoms with Gasteiger partial charge in [0.1, 0.15) is 19.3 Å². The zero-order valence-electron chi connectivity index (χ0n) is 57.9. The van der Waals surface area contributed by atoms with Crippen molar-refractivity contribution in [2.75, 3.05) is 39.6 Å². The maximum atomic E-state index is 13.0. The van der Waals surface area contributed by atoms with E-state index in [2.05, 4.69) is 48.5 Å². The summed E-state index contributed by atoms with van der Waals surface area (Å²) in [6, 6.07) is 0. The Hall–Kier alpha value is -1.94. The molecule has 0 bridgehead atoms. The quantitative estimate of drug-likeness (QED) is 0.0222. The lowest BCUT2D eigenvalue weighted by atomic mass is 9.99. The van der Waals surface area contributed by atoms with Gasteiger partial charge < -0.3 is 33.8 Å². The van der Waals surface area contributed by atoms with Crippen LogP contribution >= 0.6 is 15.6 Å². The molecule has 0 rings (SSSR count). The van der Waals surface area contributed by atoms with Gasteiger partial charge >= 0.3 is 39.5 Å². The Morgan fingerprint density at radius 2 is 0.573 bits per heavy atom. The van der Waals surface area contributed by atoms with E-state index in [0.717, 1.165) is 108 Å². The molecule has 19 heteroatoms. The smallest absolute Gasteiger partial charge is 0.462 e. The van der Waals surface area contributed by atoms with Crippen LogP contribution in [0.15, 0.2) is 0 Å². The standard InChI is InChI=1S/C70H136O17P2/c1-8-11-12-13-14-15-16-22-25-28-37-44-51-67(72)80-57-65(86-69(74)53-46-39-29-26-23-20-18-17-19-21-24-27-35-42-49-62(6)9-2)59-84-88(76,77)82-55-64(71)56-83-89(78,79)85-60-66(58-81-68(73)52-45-38-32-30-34-41-48-61(4)5)87-70(75)54-47-40-33-31-36-43-50-63(7)10-3/h61-66,71H,8-60H2,1-7H3,(H,76,77)(H,78,79)/t62?,63?,64-,65-,66-/m1/s1. The molecule has 0 radical (unpaired) electrons. The van der Waals surface area contributed by atoms with Crippen LogP contribution in [0.4, 0.5) is 0 Å². The number of aliphatic hydroxyl groups is 1. The van der Waals surface area contributed by atoms with Crippen molar-refractivity contribution < 1.29 is 80.2 Å². The molecule has 528 valence electrons. The largest absolute Gasteiger partial charge is 0.472 e. The predicted molar refractivity (Wildman–Crippen MR) is 358 cm³/mol. The third-order valence-electron chi connectivity index (χ3n) is 16.9. The fraction of sp³-hybridized carbons (Fsp3) is 0.943. The first-order chi connectivity index (χ1) is 42.8. The predicted octanol–water partition coefficient (Wildman–Crippen LogP) is 19.8. The maximum absolute atomic E-state index is 13.0. The minimum absolute atomic E-state index is 0.102. The van der Waals surface area contributed by atoms with Gasteiger partial charge in [-0.1, -0.05) is 299 Å². The van der Waals surface area contributed by atoms with Crippen LogP contribution in [-0.2, 0) is 65.4 Å². The van der Waals surface area contributed by atoms with Gasteiger partial charge in [-0.15, -0.1) is 0 Å². The maximum Gasteiger partial charge on any atom is 0.472 e.